The van der Waals surface area contributed by atoms with E-state index in [9.17, 15) is 9.59 Å². The maximum absolute atomic E-state index is 12.6. The van der Waals surface area contributed by atoms with Crippen molar-refractivity contribution in [2.75, 3.05) is 20.1 Å². The Morgan fingerprint density at radius 3 is 2.71 bits per heavy atom. The number of nitrogens with one attached hydrogen (secondary N) is 1. The Balaban J connectivity index is 1.36. The molecule has 0 spiro atoms. The van der Waals surface area contributed by atoms with Crippen LogP contribution in [0.15, 0.2) is 29.6 Å². The van der Waals surface area contributed by atoms with E-state index >= 15 is 0 Å². The van der Waals surface area contributed by atoms with Gasteiger partial charge in [-0.15, -0.1) is 5.10 Å². The highest BCUT2D eigenvalue weighted by atomic mass is 16.2. The molecule has 3 heterocycles. The number of piperidine rings is 1. The Morgan fingerprint density at radius 1 is 1.18 bits per heavy atom. The molecule has 9 nitrogen and oxygen atoms in total. The van der Waals surface area contributed by atoms with Gasteiger partial charge in [0.25, 0.3) is 5.56 Å². The molecule has 2 fully saturated rings. The Morgan fingerprint density at radius 2 is 2.00 bits per heavy atom. The zero-order valence-electron chi connectivity index (χ0n) is 16.2. The minimum Gasteiger partial charge on any atom is -0.353 e. The minimum absolute atomic E-state index is 0.0462. The number of hydrogen-bond donors (Lipinski definition) is 1. The Labute approximate surface area is 163 Å². The van der Waals surface area contributed by atoms with Crippen molar-refractivity contribution in [1.82, 2.24) is 34.8 Å². The van der Waals surface area contributed by atoms with Gasteiger partial charge in [-0.05, 0) is 58.2 Å². The van der Waals surface area contributed by atoms with Gasteiger partial charge in [-0.25, -0.2) is 14.3 Å². The summed E-state index contributed by atoms with van der Waals surface area (Å²) in [6.07, 6.45) is 8.42. The number of likely N-dealkylation sites (tertiary alicyclic amines) is 1. The van der Waals surface area contributed by atoms with Crippen molar-refractivity contribution in [3.05, 3.63) is 35.1 Å². The smallest absolute Gasteiger partial charge is 0.267 e. The molecule has 1 aliphatic heterocycles. The average molecular weight is 385 g/mol. The van der Waals surface area contributed by atoms with Crippen LogP contribution in [0.1, 0.15) is 44.6 Å². The predicted molar refractivity (Wildman–Crippen MR) is 103 cm³/mol. The third-order valence-electron chi connectivity index (χ3n) is 5.85. The molecule has 0 radical (unpaired) electrons. The zero-order chi connectivity index (χ0) is 19.5. The molecule has 1 aliphatic carbocycles. The van der Waals surface area contributed by atoms with Crippen molar-refractivity contribution in [2.24, 2.45) is 5.92 Å². The highest BCUT2D eigenvalue weighted by Gasteiger charge is 2.29. The minimum atomic E-state index is -0.110. The monoisotopic (exact) mass is 385 g/mol. The second-order valence-electron chi connectivity index (χ2n) is 7.93. The summed E-state index contributed by atoms with van der Waals surface area (Å²) in [6.45, 7) is 1.92. The van der Waals surface area contributed by atoms with E-state index in [1.165, 1.54) is 12.4 Å². The first-order valence-electron chi connectivity index (χ1n) is 10.0. The number of nitrogens with zero attached hydrogens (tertiary/aromatic N) is 6. The van der Waals surface area contributed by atoms with Crippen LogP contribution in [-0.2, 0) is 4.79 Å². The summed E-state index contributed by atoms with van der Waals surface area (Å²) < 4.78 is 3.11. The lowest BCUT2D eigenvalue weighted by molar-refractivity contribution is -0.127. The fraction of sp³-hybridized carbons (Fsp3) is 0.632. The molecule has 2 aromatic rings. The predicted octanol–water partition coefficient (Wildman–Crippen LogP) is 0.766. The van der Waals surface area contributed by atoms with Crippen molar-refractivity contribution in [3.8, 4) is 5.82 Å². The third kappa shape index (κ3) is 4.14. The van der Waals surface area contributed by atoms with Gasteiger partial charge in [-0.3, -0.25) is 9.59 Å². The maximum atomic E-state index is 12.6. The fourth-order valence-electron chi connectivity index (χ4n) is 4.29. The molecule has 2 aromatic heterocycles. The van der Waals surface area contributed by atoms with E-state index in [2.05, 4.69) is 32.4 Å². The van der Waals surface area contributed by atoms with Gasteiger partial charge in [0.05, 0.1) is 12.0 Å². The van der Waals surface area contributed by atoms with Crippen LogP contribution in [0, 0.1) is 5.92 Å². The van der Waals surface area contributed by atoms with Crippen molar-refractivity contribution >= 4 is 5.91 Å². The molecule has 0 aromatic carbocycles. The fourth-order valence-corrected chi connectivity index (χ4v) is 4.29. The first-order valence-corrected chi connectivity index (χ1v) is 10.0. The standard InChI is InChI=1S/C19H27N7O2/c1-24-10-2-3-14(11-24)19(28)22-15-4-6-16(7-5-15)26-18(27)9-8-17(23-26)25-13-20-12-21-25/h8-9,12-16H,2-7,10-11H2,1H3,(H,22,28). The normalized spacial score (nSPS) is 26.1. The van der Waals surface area contributed by atoms with Crippen molar-refractivity contribution in [2.45, 2.75) is 50.6 Å². The lowest BCUT2D eigenvalue weighted by atomic mass is 9.90. The van der Waals surface area contributed by atoms with Crippen LogP contribution >= 0.6 is 0 Å². The molecule has 2 aliphatic rings. The van der Waals surface area contributed by atoms with E-state index in [1.54, 1.807) is 21.8 Å². The van der Waals surface area contributed by atoms with Gasteiger partial charge in [-0.1, -0.05) is 0 Å². The molecule has 4 rings (SSSR count). The molecule has 0 bridgehead atoms. The zero-order valence-corrected chi connectivity index (χ0v) is 16.2. The third-order valence-corrected chi connectivity index (χ3v) is 5.85. The Bertz CT molecular complexity index is 855. The largest absolute Gasteiger partial charge is 0.353 e. The van der Waals surface area contributed by atoms with Crippen molar-refractivity contribution < 1.29 is 4.79 Å². The Hall–Kier alpha value is -2.55. The maximum Gasteiger partial charge on any atom is 0.267 e. The van der Waals surface area contributed by atoms with E-state index in [0.29, 0.717) is 5.82 Å². The topological polar surface area (TPSA) is 97.9 Å². The summed E-state index contributed by atoms with van der Waals surface area (Å²) in [5.41, 5.74) is -0.110. The first kappa shape index (κ1) is 18.8. The van der Waals surface area contributed by atoms with Crippen LogP contribution < -0.4 is 10.9 Å². The van der Waals surface area contributed by atoms with Crippen LogP contribution in [0.25, 0.3) is 5.82 Å². The molecule has 1 amide bonds. The van der Waals surface area contributed by atoms with Gasteiger partial charge in [0, 0.05) is 18.7 Å². The van der Waals surface area contributed by atoms with Crippen LogP contribution in [0.2, 0.25) is 0 Å². The Kier molecular flexibility index (Phi) is 5.52. The highest BCUT2D eigenvalue weighted by Crippen LogP contribution is 2.27. The van der Waals surface area contributed by atoms with Gasteiger partial charge >= 0.3 is 0 Å². The second-order valence-corrected chi connectivity index (χ2v) is 7.93. The van der Waals surface area contributed by atoms with Crippen LogP contribution in [0.4, 0.5) is 0 Å². The molecule has 1 saturated heterocycles. The number of carbonyl (C=O) groups is 1. The summed E-state index contributed by atoms with van der Waals surface area (Å²) in [5, 5.41) is 11.8. The van der Waals surface area contributed by atoms with E-state index in [-0.39, 0.29) is 29.5 Å². The molecule has 9 heteroatoms. The molecule has 28 heavy (non-hydrogen) atoms. The molecule has 150 valence electrons. The summed E-state index contributed by atoms with van der Waals surface area (Å²) in [5.74, 6) is 0.854. The SMILES string of the molecule is CN1CCCC(C(=O)NC2CCC(n3nc(-n4cncn4)ccc3=O)CC2)C1. The number of hydrogen-bond acceptors (Lipinski definition) is 6. The summed E-state index contributed by atoms with van der Waals surface area (Å²) >= 11 is 0. The van der Waals surface area contributed by atoms with E-state index in [1.807, 2.05) is 0 Å². The van der Waals surface area contributed by atoms with Gasteiger partial charge in [-0.2, -0.15) is 5.10 Å². The van der Waals surface area contributed by atoms with Crippen molar-refractivity contribution in [3.63, 3.8) is 0 Å². The van der Waals surface area contributed by atoms with E-state index in [4.69, 9.17) is 0 Å². The summed E-state index contributed by atoms with van der Waals surface area (Å²) in [6, 6.07) is 3.41. The first-order chi connectivity index (χ1) is 13.6. The molecule has 1 unspecified atom stereocenters. The summed E-state index contributed by atoms with van der Waals surface area (Å²) in [4.78, 5) is 31.0. The molecule has 1 N–H and O–H groups in total. The molecule has 1 saturated carbocycles. The number of carbonyl (C=O) groups excluding carboxylic acids is 1. The van der Waals surface area contributed by atoms with E-state index < -0.39 is 0 Å². The highest BCUT2D eigenvalue weighted by molar-refractivity contribution is 5.79. The van der Waals surface area contributed by atoms with Crippen molar-refractivity contribution in [1.29, 1.82) is 0 Å². The van der Waals surface area contributed by atoms with Crippen LogP contribution in [-0.4, -0.2) is 61.5 Å². The van der Waals surface area contributed by atoms with E-state index in [0.717, 1.165) is 51.6 Å². The lowest BCUT2D eigenvalue weighted by Gasteiger charge is -2.33. The summed E-state index contributed by atoms with van der Waals surface area (Å²) in [7, 11) is 2.07. The van der Waals surface area contributed by atoms with Crippen LogP contribution in [0.5, 0.6) is 0 Å². The molecular formula is C19H27N7O2. The van der Waals surface area contributed by atoms with Gasteiger partial charge in [0.15, 0.2) is 5.82 Å². The average Bonchev–Trinajstić information content (AvgIpc) is 3.24. The molecule has 1 atom stereocenters. The number of aromatic nitrogens is 5. The quantitative estimate of drug-likeness (QED) is 0.835. The number of rotatable bonds is 4. The number of amides is 1. The van der Waals surface area contributed by atoms with Gasteiger partial charge in [0.2, 0.25) is 5.91 Å². The lowest BCUT2D eigenvalue weighted by Crippen LogP contribution is -2.46. The molecular weight excluding hydrogens is 358 g/mol. The van der Waals surface area contributed by atoms with Gasteiger partial charge < -0.3 is 10.2 Å². The van der Waals surface area contributed by atoms with Gasteiger partial charge in [0.1, 0.15) is 12.7 Å². The second kappa shape index (κ2) is 8.22. The van der Waals surface area contributed by atoms with Crippen LogP contribution in [0.3, 0.4) is 0 Å².